The Kier molecular flexibility index (Phi) is 5.37. The molecule has 0 saturated carbocycles. The first-order valence-electron chi connectivity index (χ1n) is 7.50. The third-order valence-electron chi connectivity index (χ3n) is 3.84. The summed E-state index contributed by atoms with van der Waals surface area (Å²) in [4.78, 5) is 12.4. The summed E-state index contributed by atoms with van der Waals surface area (Å²) in [6, 6.07) is 11.4. The van der Waals surface area contributed by atoms with Crippen molar-refractivity contribution in [3.8, 4) is 0 Å². The molecule has 25 heavy (non-hydrogen) atoms. The number of benzene rings is 1. The van der Waals surface area contributed by atoms with E-state index in [1.54, 1.807) is 16.8 Å². The number of nitrogens with one attached hydrogen (secondary N) is 1. The van der Waals surface area contributed by atoms with Crippen LogP contribution in [0.2, 0.25) is 15.2 Å². The van der Waals surface area contributed by atoms with E-state index in [9.17, 15) is 4.79 Å². The molecule has 0 unspecified atom stereocenters. The molecule has 3 rings (SSSR count). The second kappa shape index (κ2) is 7.52. The number of hydrogen-bond donors (Lipinski definition) is 1. The standard InChI is InChI=1S/C17H15Cl3N4O/c1-23-12(7-13(18)16(23)20)8-21-14-9-22-24(17(25)15(14)19)10-11-5-3-2-4-6-11/h2-7,9,21H,8,10H2,1H3. The maximum absolute atomic E-state index is 12.4. The van der Waals surface area contributed by atoms with Crippen LogP contribution in [0.3, 0.4) is 0 Å². The molecule has 1 aromatic carbocycles. The molecule has 0 aliphatic heterocycles. The van der Waals surface area contributed by atoms with Crippen LogP contribution in [-0.4, -0.2) is 14.3 Å². The highest BCUT2D eigenvalue weighted by Gasteiger charge is 2.12. The van der Waals surface area contributed by atoms with Crippen molar-refractivity contribution < 1.29 is 0 Å². The lowest BCUT2D eigenvalue weighted by Crippen LogP contribution is -2.24. The third kappa shape index (κ3) is 3.84. The fraction of sp³-hybridized carbons (Fsp3) is 0.176. The van der Waals surface area contributed by atoms with Crippen molar-refractivity contribution in [3.63, 3.8) is 0 Å². The van der Waals surface area contributed by atoms with E-state index in [1.807, 2.05) is 37.4 Å². The van der Waals surface area contributed by atoms with Gasteiger partial charge in [0.05, 0.1) is 30.0 Å². The Balaban J connectivity index is 1.78. The maximum Gasteiger partial charge on any atom is 0.287 e. The van der Waals surface area contributed by atoms with E-state index in [0.29, 0.717) is 29.0 Å². The van der Waals surface area contributed by atoms with Crippen molar-refractivity contribution in [1.29, 1.82) is 0 Å². The topological polar surface area (TPSA) is 51.9 Å². The molecule has 3 aromatic rings. The predicted octanol–water partition coefficient (Wildman–Crippen LogP) is 4.20. The van der Waals surface area contributed by atoms with E-state index in [0.717, 1.165) is 11.3 Å². The molecule has 0 atom stereocenters. The highest BCUT2D eigenvalue weighted by Crippen LogP contribution is 2.26. The highest BCUT2D eigenvalue weighted by molar-refractivity contribution is 6.41. The van der Waals surface area contributed by atoms with Gasteiger partial charge in [-0.2, -0.15) is 5.10 Å². The highest BCUT2D eigenvalue weighted by atomic mass is 35.5. The van der Waals surface area contributed by atoms with Gasteiger partial charge >= 0.3 is 0 Å². The number of nitrogens with zero attached hydrogens (tertiary/aromatic N) is 3. The average Bonchev–Trinajstić information content (AvgIpc) is 2.86. The SMILES string of the molecule is Cn1c(CNc2cnn(Cc3ccccc3)c(=O)c2Cl)cc(Cl)c1Cl. The van der Waals surface area contributed by atoms with Crippen molar-refractivity contribution in [2.24, 2.45) is 7.05 Å². The van der Waals surface area contributed by atoms with Crippen LogP contribution in [0, 0.1) is 0 Å². The molecule has 8 heteroatoms. The smallest absolute Gasteiger partial charge is 0.287 e. The van der Waals surface area contributed by atoms with Crippen LogP contribution in [0.25, 0.3) is 0 Å². The molecule has 0 fully saturated rings. The average molecular weight is 398 g/mol. The summed E-state index contributed by atoms with van der Waals surface area (Å²) in [5.74, 6) is 0. The lowest BCUT2D eigenvalue weighted by Gasteiger charge is -2.11. The minimum Gasteiger partial charge on any atom is -0.377 e. The van der Waals surface area contributed by atoms with Crippen molar-refractivity contribution in [3.05, 3.63) is 79.4 Å². The Bertz CT molecular complexity index is 951. The van der Waals surface area contributed by atoms with Crippen LogP contribution >= 0.6 is 34.8 Å². The summed E-state index contributed by atoms with van der Waals surface area (Å²) in [6.45, 7) is 0.773. The van der Waals surface area contributed by atoms with Gasteiger partial charge in [-0.1, -0.05) is 65.1 Å². The van der Waals surface area contributed by atoms with Crippen LogP contribution in [0.1, 0.15) is 11.3 Å². The van der Waals surface area contributed by atoms with Crippen molar-refractivity contribution in [2.45, 2.75) is 13.1 Å². The summed E-state index contributed by atoms with van der Waals surface area (Å²) in [5, 5.41) is 8.32. The molecular weight excluding hydrogens is 383 g/mol. The lowest BCUT2D eigenvalue weighted by atomic mass is 10.2. The second-order valence-electron chi connectivity index (χ2n) is 5.51. The molecule has 0 bridgehead atoms. The largest absolute Gasteiger partial charge is 0.377 e. The summed E-state index contributed by atoms with van der Waals surface area (Å²) >= 11 is 18.3. The van der Waals surface area contributed by atoms with Gasteiger partial charge in [0.25, 0.3) is 5.56 Å². The summed E-state index contributed by atoms with van der Waals surface area (Å²) in [7, 11) is 1.81. The van der Waals surface area contributed by atoms with Crippen LogP contribution in [-0.2, 0) is 20.1 Å². The van der Waals surface area contributed by atoms with E-state index >= 15 is 0 Å². The van der Waals surface area contributed by atoms with E-state index in [1.165, 1.54) is 4.68 Å². The van der Waals surface area contributed by atoms with Crippen molar-refractivity contribution in [1.82, 2.24) is 14.3 Å². The van der Waals surface area contributed by atoms with Crippen LogP contribution in [0.4, 0.5) is 5.69 Å². The van der Waals surface area contributed by atoms with E-state index in [-0.39, 0.29) is 10.6 Å². The number of rotatable bonds is 5. The van der Waals surface area contributed by atoms with Gasteiger partial charge in [-0.05, 0) is 11.6 Å². The molecular formula is C17H15Cl3N4O. The predicted molar refractivity (Wildman–Crippen MR) is 102 cm³/mol. The molecule has 130 valence electrons. The fourth-order valence-corrected chi connectivity index (χ4v) is 3.03. The first kappa shape index (κ1) is 17.9. The number of halogens is 3. The number of aromatic nitrogens is 3. The van der Waals surface area contributed by atoms with Crippen LogP contribution in [0.15, 0.2) is 47.4 Å². The van der Waals surface area contributed by atoms with Gasteiger partial charge in [0.2, 0.25) is 0 Å². The van der Waals surface area contributed by atoms with Gasteiger partial charge in [0, 0.05) is 12.7 Å². The first-order valence-corrected chi connectivity index (χ1v) is 8.63. The minimum atomic E-state index is -0.349. The Hall–Kier alpha value is -1.95. The molecule has 0 spiro atoms. The van der Waals surface area contributed by atoms with Crippen molar-refractivity contribution in [2.75, 3.05) is 5.32 Å². The molecule has 0 radical (unpaired) electrons. The Labute approximate surface area is 159 Å². The quantitative estimate of drug-likeness (QED) is 0.702. The lowest BCUT2D eigenvalue weighted by molar-refractivity contribution is 0.639. The molecule has 0 saturated heterocycles. The van der Waals surface area contributed by atoms with Gasteiger partial charge in [0.15, 0.2) is 0 Å². The molecule has 2 heterocycles. The zero-order chi connectivity index (χ0) is 18.0. The van der Waals surface area contributed by atoms with Crippen LogP contribution in [0.5, 0.6) is 0 Å². The molecule has 2 aromatic heterocycles. The fourth-order valence-electron chi connectivity index (χ4n) is 2.40. The summed E-state index contributed by atoms with van der Waals surface area (Å²) in [6.07, 6.45) is 1.54. The Morgan fingerprint density at radius 3 is 2.52 bits per heavy atom. The first-order chi connectivity index (χ1) is 12.0. The summed E-state index contributed by atoms with van der Waals surface area (Å²) < 4.78 is 3.09. The van der Waals surface area contributed by atoms with Gasteiger partial charge in [-0.3, -0.25) is 4.79 Å². The molecule has 0 aliphatic carbocycles. The number of anilines is 1. The Morgan fingerprint density at radius 1 is 1.16 bits per heavy atom. The maximum atomic E-state index is 12.4. The minimum absolute atomic E-state index is 0.0948. The monoisotopic (exact) mass is 396 g/mol. The van der Waals surface area contributed by atoms with Gasteiger partial charge in [0.1, 0.15) is 10.2 Å². The van der Waals surface area contributed by atoms with Crippen LogP contribution < -0.4 is 10.9 Å². The molecule has 0 aliphatic rings. The molecule has 1 N–H and O–H groups in total. The van der Waals surface area contributed by atoms with E-state index < -0.39 is 0 Å². The van der Waals surface area contributed by atoms with E-state index in [2.05, 4.69) is 10.4 Å². The van der Waals surface area contributed by atoms with Gasteiger partial charge < -0.3 is 9.88 Å². The second-order valence-corrected chi connectivity index (χ2v) is 6.65. The van der Waals surface area contributed by atoms with Gasteiger partial charge in [-0.25, -0.2) is 4.68 Å². The normalized spacial score (nSPS) is 10.9. The van der Waals surface area contributed by atoms with Gasteiger partial charge in [-0.15, -0.1) is 0 Å². The van der Waals surface area contributed by atoms with Crippen molar-refractivity contribution >= 4 is 40.5 Å². The Morgan fingerprint density at radius 2 is 1.88 bits per heavy atom. The zero-order valence-electron chi connectivity index (χ0n) is 13.3. The third-order valence-corrected chi connectivity index (χ3v) is 5.04. The summed E-state index contributed by atoms with van der Waals surface area (Å²) in [5.41, 5.74) is 1.95. The molecule has 5 nitrogen and oxygen atoms in total. The van der Waals surface area contributed by atoms with E-state index in [4.69, 9.17) is 34.8 Å². The zero-order valence-corrected chi connectivity index (χ0v) is 15.6. The number of hydrogen-bond acceptors (Lipinski definition) is 3. The molecule has 0 amide bonds.